The molecule has 1 aliphatic rings. The number of hydrogen-bond acceptors (Lipinski definition) is 1. The molecule has 0 saturated heterocycles. The van der Waals surface area contributed by atoms with Crippen LogP contribution in [0, 0.1) is 0 Å². The number of hydrogen-bond donors (Lipinski definition) is 1. The van der Waals surface area contributed by atoms with E-state index >= 15 is 0 Å². The predicted octanol–water partition coefficient (Wildman–Crippen LogP) is 5.06. The molecule has 1 aliphatic carbocycles. The average Bonchev–Trinajstić information content (AvgIpc) is 2.72. The van der Waals surface area contributed by atoms with E-state index in [-0.39, 0.29) is 16.1 Å². The smallest absolute Gasteiger partial charge is 0.304 e. The lowest BCUT2D eigenvalue weighted by molar-refractivity contribution is -0.136. The van der Waals surface area contributed by atoms with Gasteiger partial charge in [0, 0.05) is 0 Å². The first-order chi connectivity index (χ1) is 9.59. The van der Waals surface area contributed by atoms with Crippen LogP contribution in [0.1, 0.15) is 32.8 Å². The number of rotatable bonds is 3. The van der Waals surface area contributed by atoms with Crippen molar-refractivity contribution in [2.24, 2.45) is 0 Å². The lowest BCUT2D eigenvalue weighted by Gasteiger charge is -2.15. The number of carbonyl (C=O) groups is 1. The van der Waals surface area contributed by atoms with Crippen LogP contribution in [0.3, 0.4) is 0 Å². The molecule has 3 rings (SSSR count). The highest BCUT2D eigenvalue weighted by atomic mass is 79.9. The molecule has 1 N–H and O–H groups in total. The molecular formula is C16H12Br2O2. The first-order valence-corrected chi connectivity index (χ1v) is 8.14. The Morgan fingerprint density at radius 1 is 1.15 bits per heavy atom. The van der Waals surface area contributed by atoms with Gasteiger partial charge in [0.1, 0.15) is 0 Å². The topological polar surface area (TPSA) is 37.3 Å². The van der Waals surface area contributed by atoms with Crippen molar-refractivity contribution >= 4 is 37.8 Å². The van der Waals surface area contributed by atoms with E-state index in [0.29, 0.717) is 0 Å². The van der Waals surface area contributed by atoms with Crippen molar-refractivity contribution in [3.8, 4) is 11.1 Å². The molecule has 2 atom stereocenters. The zero-order chi connectivity index (χ0) is 14.3. The molecule has 0 amide bonds. The van der Waals surface area contributed by atoms with Gasteiger partial charge >= 0.3 is 5.97 Å². The molecule has 4 heteroatoms. The van der Waals surface area contributed by atoms with Crippen molar-refractivity contribution < 1.29 is 9.90 Å². The first-order valence-electron chi connectivity index (χ1n) is 6.31. The van der Waals surface area contributed by atoms with E-state index in [1.165, 1.54) is 22.3 Å². The van der Waals surface area contributed by atoms with Gasteiger partial charge in [-0.3, -0.25) is 4.79 Å². The number of halogens is 2. The number of aliphatic carboxylic acids is 1. The molecule has 0 aliphatic heterocycles. The van der Waals surface area contributed by atoms with Crippen LogP contribution in [0.2, 0.25) is 0 Å². The highest BCUT2D eigenvalue weighted by Crippen LogP contribution is 2.51. The Balaban J connectivity index is 2.13. The maximum absolute atomic E-state index is 10.9. The summed E-state index contributed by atoms with van der Waals surface area (Å²) in [6.07, 6.45) is 0.0759. The van der Waals surface area contributed by atoms with Crippen molar-refractivity contribution in [3.63, 3.8) is 0 Å². The van der Waals surface area contributed by atoms with E-state index in [4.69, 9.17) is 5.11 Å². The summed E-state index contributed by atoms with van der Waals surface area (Å²) in [7, 11) is 0. The fourth-order valence-electron chi connectivity index (χ4n) is 2.76. The largest absolute Gasteiger partial charge is 0.481 e. The van der Waals surface area contributed by atoms with E-state index in [1.807, 2.05) is 24.3 Å². The quantitative estimate of drug-likeness (QED) is 0.737. The standard InChI is InChI=1S/C16H12Br2O2/c17-13(8-14(19)20)12-7-3-6-10-9-4-1-2-5-11(9)16(18)15(10)12/h1-7,13,16H,8H2,(H,19,20). The molecule has 2 aromatic carbocycles. The Hall–Kier alpha value is -1.13. The van der Waals surface area contributed by atoms with Crippen LogP contribution < -0.4 is 0 Å². The van der Waals surface area contributed by atoms with Crippen molar-refractivity contribution in [2.75, 3.05) is 0 Å². The SMILES string of the molecule is O=C(O)CC(Br)c1cccc2c1C(Br)c1ccccc1-2. The Morgan fingerprint density at radius 3 is 2.60 bits per heavy atom. The molecular weight excluding hydrogens is 384 g/mol. The van der Waals surface area contributed by atoms with Gasteiger partial charge in [0.15, 0.2) is 0 Å². The van der Waals surface area contributed by atoms with Crippen LogP contribution in [-0.2, 0) is 4.79 Å². The molecule has 0 heterocycles. The van der Waals surface area contributed by atoms with Gasteiger partial charge in [-0.1, -0.05) is 74.3 Å². The summed E-state index contributed by atoms with van der Waals surface area (Å²) in [6, 6.07) is 14.4. The summed E-state index contributed by atoms with van der Waals surface area (Å²) >= 11 is 7.26. The van der Waals surface area contributed by atoms with Crippen LogP contribution in [0.4, 0.5) is 0 Å². The second-order valence-electron chi connectivity index (χ2n) is 4.82. The average molecular weight is 396 g/mol. The Morgan fingerprint density at radius 2 is 1.85 bits per heavy atom. The molecule has 0 saturated carbocycles. The second kappa shape index (κ2) is 5.34. The third kappa shape index (κ3) is 2.21. The van der Waals surface area contributed by atoms with Crippen molar-refractivity contribution in [1.29, 1.82) is 0 Å². The number of carboxylic acid groups (broad SMARTS) is 1. The summed E-state index contributed by atoms with van der Waals surface area (Å²) in [5.74, 6) is -0.800. The minimum atomic E-state index is -0.800. The third-order valence-corrected chi connectivity index (χ3v) is 5.38. The number of carboxylic acids is 1. The maximum atomic E-state index is 10.9. The van der Waals surface area contributed by atoms with Crippen molar-refractivity contribution in [3.05, 3.63) is 59.2 Å². The molecule has 0 radical (unpaired) electrons. The summed E-state index contributed by atoms with van der Waals surface area (Å²) in [5.41, 5.74) is 5.88. The number of fused-ring (bicyclic) bond motifs is 3. The third-order valence-electron chi connectivity index (χ3n) is 3.61. The fourth-order valence-corrected chi connectivity index (χ4v) is 4.34. The summed E-state index contributed by atoms with van der Waals surface area (Å²) in [6.45, 7) is 0. The van der Waals surface area contributed by atoms with Gasteiger partial charge in [-0.05, 0) is 27.8 Å². The van der Waals surface area contributed by atoms with Gasteiger partial charge in [-0.15, -0.1) is 0 Å². The lowest BCUT2D eigenvalue weighted by atomic mass is 9.98. The summed E-state index contributed by atoms with van der Waals surface area (Å²) < 4.78 is 0. The van der Waals surface area contributed by atoms with Crippen LogP contribution in [0.5, 0.6) is 0 Å². The van der Waals surface area contributed by atoms with Gasteiger partial charge in [0.25, 0.3) is 0 Å². The van der Waals surface area contributed by atoms with Crippen LogP contribution in [0.15, 0.2) is 42.5 Å². The summed E-state index contributed by atoms with van der Waals surface area (Å²) in [5, 5.41) is 8.99. The van der Waals surface area contributed by atoms with Gasteiger partial charge in [-0.25, -0.2) is 0 Å². The minimum Gasteiger partial charge on any atom is -0.481 e. The summed E-state index contributed by atoms with van der Waals surface area (Å²) in [4.78, 5) is 10.9. The van der Waals surface area contributed by atoms with Crippen molar-refractivity contribution in [1.82, 2.24) is 0 Å². The van der Waals surface area contributed by atoms with E-state index in [9.17, 15) is 4.79 Å². The van der Waals surface area contributed by atoms with Crippen LogP contribution in [0.25, 0.3) is 11.1 Å². The molecule has 2 nitrogen and oxygen atoms in total. The van der Waals surface area contributed by atoms with E-state index in [2.05, 4.69) is 50.1 Å². The monoisotopic (exact) mass is 394 g/mol. The molecule has 0 bridgehead atoms. The lowest BCUT2D eigenvalue weighted by Crippen LogP contribution is -2.03. The van der Waals surface area contributed by atoms with Crippen LogP contribution in [-0.4, -0.2) is 11.1 Å². The van der Waals surface area contributed by atoms with Crippen LogP contribution >= 0.6 is 31.9 Å². The number of benzene rings is 2. The molecule has 2 aromatic rings. The van der Waals surface area contributed by atoms with Gasteiger partial charge in [0.05, 0.1) is 16.1 Å². The van der Waals surface area contributed by atoms with E-state index in [1.54, 1.807) is 0 Å². The van der Waals surface area contributed by atoms with Gasteiger partial charge < -0.3 is 5.11 Å². The maximum Gasteiger partial charge on any atom is 0.304 e. The molecule has 20 heavy (non-hydrogen) atoms. The normalized spacial score (nSPS) is 17.4. The second-order valence-corrected chi connectivity index (χ2v) is 6.84. The zero-order valence-electron chi connectivity index (χ0n) is 10.5. The van der Waals surface area contributed by atoms with Gasteiger partial charge in [0.2, 0.25) is 0 Å². The molecule has 2 unspecified atom stereocenters. The fraction of sp³-hybridized carbons (Fsp3) is 0.188. The predicted molar refractivity (Wildman–Crippen MR) is 86.6 cm³/mol. The highest BCUT2D eigenvalue weighted by molar-refractivity contribution is 9.09. The Kier molecular flexibility index (Phi) is 3.69. The molecule has 102 valence electrons. The molecule has 0 spiro atoms. The van der Waals surface area contributed by atoms with Gasteiger partial charge in [-0.2, -0.15) is 0 Å². The zero-order valence-corrected chi connectivity index (χ0v) is 13.7. The van der Waals surface area contributed by atoms with E-state index < -0.39 is 5.97 Å². The molecule has 0 aromatic heterocycles. The Labute approximate surface area is 134 Å². The number of alkyl halides is 2. The van der Waals surface area contributed by atoms with E-state index in [0.717, 1.165) is 5.56 Å². The molecule has 0 fully saturated rings. The minimum absolute atomic E-state index is 0.0759. The first kappa shape index (κ1) is 13.8. The van der Waals surface area contributed by atoms with Crippen molar-refractivity contribution in [2.45, 2.75) is 16.1 Å². The Bertz CT molecular complexity index is 682. The highest BCUT2D eigenvalue weighted by Gasteiger charge is 2.30.